The molecule has 58 heavy (non-hydrogen) atoms. The molecular formula is C42H47N9O6S. The van der Waals surface area contributed by atoms with Crippen LogP contribution in [-0.4, -0.2) is 68.9 Å². The molecule has 15 nitrogen and oxygen atoms in total. The molecule has 1 saturated carbocycles. The molecule has 0 spiro atoms. The van der Waals surface area contributed by atoms with Crippen molar-refractivity contribution in [3.05, 3.63) is 84.5 Å². The minimum atomic E-state index is -3.91. The molecular weight excluding hydrogens is 759 g/mol. The molecule has 3 N–H and O–H groups in total. The lowest BCUT2D eigenvalue weighted by atomic mass is 9.91. The van der Waals surface area contributed by atoms with Crippen molar-refractivity contribution >= 4 is 56.3 Å². The Balaban J connectivity index is 1.03. The monoisotopic (exact) mass is 805 g/mol. The zero-order chi connectivity index (χ0) is 41.1. The number of nitrogens with zero attached hydrogens (tertiary/aromatic N) is 6. The van der Waals surface area contributed by atoms with Crippen LogP contribution >= 0.6 is 0 Å². The van der Waals surface area contributed by atoms with Gasteiger partial charge < -0.3 is 25.1 Å². The summed E-state index contributed by atoms with van der Waals surface area (Å²) in [7, 11) is -3.91. The summed E-state index contributed by atoms with van der Waals surface area (Å²) < 4.78 is 38.1. The number of oxazole rings is 1. The predicted molar refractivity (Wildman–Crippen MR) is 222 cm³/mol. The summed E-state index contributed by atoms with van der Waals surface area (Å²) in [6.07, 6.45) is 11.0. The van der Waals surface area contributed by atoms with Crippen LogP contribution in [0.5, 0.6) is 11.6 Å². The smallest absolute Gasteiger partial charge is 0.299 e. The van der Waals surface area contributed by atoms with Gasteiger partial charge in [-0.05, 0) is 88.8 Å². The van der Waals surface area contributed by atoms with Crippen molar-refractivity contribution < 1.29 is 27.2 Å². The number of pyridine rings is 1. The molecule has 2 aromatic carbocycles. The molecule has 302 valence electrons. The Labute approximate surface area is 338 Å². The number of sulfonamides is 1. The van der Waals surface area contributed by atoms with Gasteiger partial charge in [-0.1, -0.05) is 37.3 Å². The van der Waals surface area contributed by atoms with E-state index in [4.69, 9.17) is 19.4 Å². The third-order valence-electron chi connectivity index (χ3n) is 9.80. The number of nitriles is 1. The number of ether oxygens (including phenoxy) is 1. The van der Waals surface area contributed by atoms with E-state index in [0.717, 1.165) is 53.6 Å². The molecule has 0 saturated heterocycles. The normalized spacial score (nSPS) is 15.5. The molecule has 0 radical (unpaired) electrons. The van der Waals surface area contributed by atoms with E-state index in [1.807, 2.05) is 80.6 Å². The van der Waals surface area contributed by atoms with Gasteiger partial charge in [0.25, 0.3) is 6.01 Å². The number of carbonyl (C=O) groups is 2. The molecule has 1 fully saturated rings. The topological polar surface area (TPSA) is 205 Å². The van der Waals surface area contributed by atoms with E-state index >= 15 is 0 Å². The molecule has 3 aromatic heterocycles. The molecule has 0 unspecified atom stereocenters. The first-order valence-corrected chi connectivity index (χ1v) is 21.0. The number of allylic oxidation sites excluding steroid dienone is 1. The molecule has 0 atom stereocenters. The minimum absolute atomic E-state index is 0.00735. The number of benzene rings is 2. The first-order chi connectivity index (χ1) is 28.1. The van der Waals surface area contributed by atoms with E-state index in [1.165, 1.54) is 0 Å². The molecule has 0 bridgehead atoms. The van der Waals surface area contributed by atoms with E-state index in [1.54, 1.807) is 25.4 Å². The second-order valence-corrected chi connectivity index (χ2v) is 15.9. The van der Waals surface area contributed by atoms with Crippen molar-refractivity contribution in [3.8, 4) is 29.0 Å². The molecule has 5 aromatic rings. The zero-order valence-corrected chi connectivity index (χ0v) is 33.6. The van der Waals surface area contributed by atoms with Crippen molar-refractivity contribution in [2.75, 3.05) is 22.9 Å². The van der Waals surface area contributed by atoms with Gasteiger partial charge in [0.1, 0.15) is 23.7 Å². The number of carbonyl (C=O) groups excluding carboxylic acids is 2. The van der Waals surface area contributed by atoms with Gasteiger partial charge in [0.05, 0.1) is 28.8 Å². The molecule has 1 aliphatic carbocycles. The first kappa shape index (κ1) is 41.3. The van der Waals surface area contributed by atoms with Gasteiger partial charge in [-0.25, -0.2) is 27.7 Å². The lowest BCUT2D eigenvalue weighted by molar-refractivity contribution is -0.126. The second kappa shape index (κ2) is 19.2. The van der Waals surface area contributed by atoms with Gasteiger partial charge in [-0.3, -0.25) is 9.59 Å². The summed E-state index contributed by atoms with van der Waals surface area (Å²) in [5.74, 6) is 1.16. The zero-order valence-electron chi connectivity index (χ0n) is 32.8. The van der Waals surface area contributed by atoms with E-state index in [2.05, 4.69) is 30.9 Å². The Morgan fingerprint density at radius 3 is 2.52 bits per heavy atom. The van der Waals surface area contributed by atoms with Gasteiger partial charge >= 0.3 is 0 Å². The van der Waals surface area contributed by atoms with Crippen LogP contribution in [0.4, 0.5) is 17.7 Å². The summed E-state index contributed by atoms with van der Waals surface area (Å²) in [4.78, 5) is 43.1. The third-order valence-corrected chi connectivity index (χ3v) is 11.6. The fourth-order valence-electron chi connectivity index (χ4n) is 6.84. The highest BCUT2D eigenvalue weighted by molar-refractivity contribution is 7.89. The largest absolute Gasteiger partial charge is 0.438 e. The average molecular weight is 806 g/mol. The van der Waals surface area contributed by atoms with Crippen LogP contribution in [0.3, 0.4) is 0 Å². The molecule has 3 heterocycles. The molecule has 0 aliphatic heterocycles. The standard InChI is InChI=1S/C42H47N9O6S/c1-4-11-34-28(3)56-42(49-34)50-35-20-21-37(32-13-7-6-12-31(32)35)57-40-33(14-10-24-44-40)36-22-25-45-41(48-36)47-30-18-16-29(17-19-30)46-38(52)15-8-9-27-58(54,55)51(26-23-43)39(53)5-2/h4,6-7,10-14,20-22,24-25,29-30H,5,8-9,15-19,26-27H2,1-3H3,(H,46,52)(H,49,50)(H,45,47,48)/b11-4-. The Kier molecular flexibility index (Phi) is 13.7. The maximum atomic E-state index is 12.7. The highest BCUT2D eigenvalue weighted by Crippen LogP contribution is 2.38. The van der Waals surface area contributed by atoms with Crippen molar-refractivity contribution in [3.63, 3.8) is 0 Å². The number of nitrogens with one attached hydrogen (secondary N) is 3. The van der Waals surface area contributed by atoms with Crippen LogP contribution in [0.1, 0.15) is 76.7 Å². The molecule has 2 amide bonds. The lowest BCUT2D eigenvalue weighted by Gasteiger charge is -2.29. The van der Waals surface area contributed by atoms with Gasteiger partial charge in [-0.15, -0.1) is 0 Å². The number of aryl methyl sites for hydroxylation is 1. The van der Waals surface area contributed by atoms with E-state index in [0.29, 0.717) is 45.6 Å². The summed E-state index contributed by atoms with van der Waals surface area (Å²) >= 11 is 0. The Bertz CT molecular complexity index is 2420. The second-order valence-electron chi connectivity index (χ2n) is 13.9. The lowest BCUT2D eigenvalue weighted by Crippen LogP contribution is -2.40. The number of amides is 2. The number of rotatable bonds is 17. The van der Waals surface area contributed by atoms with Crippen molar-refractivity contribution in [1.82, 2.24) is 29.6 Å². The number of unbranched alkanes of at least 4 members (excludes halogenated alkanes) is 1. The quantitative estimate of drug-likeness (QED) is 0.0611. The van der Waals surface area contributed by atoms with E-state index < -0.39 is 22.5 Å². The molecule has 16 heteroatoms. The molecule has 6 rings (SSSR count). The maximum Gasteiger partial charge on any atom is 0.299 e. The fraction of sp³-hybridized carbons (Fsp3) is 0.357. The van der Waals surface area contributed by atoms with Crippen LogP contribution < -0.4 is 20.7 Å². The van der Waals surface area contributed by atoms with Crippen molar-refractivity contribution in [2.24, 2.45) is 0 Å². The third kappa shape index (κ3) is 10.3. The van der Waals surface area contributed by atoms with Crippen LogP contribution in [0.15, 0.2) is 77.5 Å². The number of hydrogen-bond acceptors (Lipinski definition) is 13. The predicted octanol–water partition coefficient (Wildman–Crippen LogP) is 7.66. The number of hydrogen-bond donors (Lipinski definition) is 3. The number of aromatic nitrogens is 4. The van der Waals surface area contributed by atoms with E-state index in [9.17, 15) is 18.0 Å². The van der Waals surface area contributed by atoms with Gasteiger partial charge in [0.15, 0.2) is 0 Å². The Morgan fingerprint density at radius 1 is 0.983 bits per heavy atom. The molecule has 1 aliphatic rings. The fourth-order valence-corrected chi connectivity index (χ4v) is 8.32. The van der Waals surface area contributed by atoms with Crippen LogP contribution in [0.2, 0.25) is 0 Å². The first-order valence-electron chi connectivity index (χ1n) is 19.4. The van der Waals surface area contributed by atoms with Crippen molar-refractivity contribution in [1.29, 1.82) is 5.26 Å². The Hall–Kier alpha value is -6.34. The van der Waals surface area contributed by atoms with Gasteiger partial charge in [0, 0.05) is 48.1 Å². The van der Waals surface area contributed by atoms with E-state index in [-0.39, 0.29) is 43.0 Å². The number of anilines is 3. The summed E-state index contributed by atoms with van der Waals surface area (Å²) in [5, 5.41) is 20.6. The van der Waals surface area contributed by atoms with Gasteiger partial charge in [-0.2, -0.15) is 10.2 Å². The summed E-state index contributed by atoms with van der Waals surface area (Å²) in [5.41, 5.74) is 2.92. The van der Waals surface area contributed by atoms with Gasteiger partial charge in [0.2, 0.25) is 33.7 Å². The van der Waals surface area contributed by atoms with Crippen LogP contribution in [0.25, 0.3) is 28.1 Å². The summed E-state index contributed by atoms with van der Waals surface area (Å²) in [6.45, 7) is 4.84. The summed E-state index contributed by atoms with van der Waals surface area (Å²) in [6, 6.07) is 19.5. The SMILES string of the molecule is C/C=C\c1nc(Nc2ccc(Oc3ncccc3-c3ccnc(NC4CCC(NC(=O)CCCCS(=O)(=O)N(CC#N)C(=O)CC)CC4)n3)c3ccccc23)oc1C. The minimum Gasteiger partial charge on any atom is -0.438 e. The van der Waals surface area contributed by atoms with Crippen LogP contribution in [-0.2, 0) is 19.6 Å². The highest BCUT2D eigenvalue weighted by atomic mass is 32.2. The number of fused-ring (bicyclic) bond motifs is 1. The average Bonchev–Trinajstić information content (AvgIpc) is 3.57. The van der Waals surface area contributed by atoms with Crippen molar-refractivity contribution in [2.45, 2.75) is 84.2 Å². The van der Waals surface area contributed by atoms with Crippen LogP contribution in [0, 0.1) is 18.3 Å². The Morgan fingerprint density at radius 2 is 1.76 bits per heavy atom. The maximum absolute atomic E-state index is 12.7. The highest BCUT2D eigenvalue weighted by Gasteiger charge is 2.26.